The first kappa shape index (κ1) is 23.8. The number of benzene rings is 1. The summed E-state index contributed by atoms with van der Waals surface area (Å²) in [6.45, 7) is 5.22. The Hall–Kier alpha value is -3.37. The van der Waals surface area contributed by atoms with E-state index in [4.69, 9.17) is 0 Å². The highest BCUT2D eigenvalue weighted by molar-refractivity contribution is 6.00. The molecule has 0 radical (unpaired) electrons. The number of non-ortho nitro benzene ring substituents is 1. The molecule has 0 bridgehead atoms. The van der Waals surface area contributed by atoms with Crippen molar-refractivity contribution < 1.29 is 22.9 Å². The van der Waals surface area contributed by atoms with Gasteiger partial charge in [-0.2, -0.15) is 13.2 Å². The molecule has 0 aliphatic carbocycles. The van der Waals surface area contributed by atoms with Gasteiger partial charge in [0.05, 0.1) is 21.7 Å². The molecule has 8 nitrogen and oxygen atoms in total. The van der Waals surface area contributed by atoms with E-state index in [2.05, 4.69) is 16.8 Å². The molecule has 0 unspecified atom stereocenters. The number of hydrogen-bond donors (Lipinski definition) is 0. The third-order valence-electron chi connectivity index (χ3n) is 6.51. The number of halogens is 3. The number of pyridine rings is 1. The van der Waals surface area contributed by atoms with Gasteiger partial charge in [-0.15, -0.1) is 0 Å². The zero-order valence-corrected chi connectivity index (χ0v) is 18.8. The number of hydrogen-bond acceptors (Lipinski definition) is 6. The minimum Gasteiger partial charge on any atom is -0.371 e. The minimum atomic E-state index is -4.45. The first-order chi connectivity index (χ1) is 16.1. The Balaban J connectivity index is 1.49. The number of alkyl halides is 3. The zero-order chi connectivity index (χ0) is 24.5. The van der Waals surface area contributed by atoms with Gasteiger partial charge in [0.2, 0.25) is 0 Å². The van der Waals surface area contributed by atoms with E-state index in [-0.39, 0.29) is 11.6 Å². The molecule has 1 amide bonds. The molecule has 0 saturated carbocycles. The van der Waals surface area contributed by atoms with E-state index in [1.165, 1.54) is 18.2 Å². The average molecular weight is 477 g/mol. The lowest BCUT2D eigenvalue weighted by molar-refractivity contribution is -0.384. The topological polar surface area (TPSA) is 82.8 Å². The Morgan fingerprint density at radius 1 is 1.03 bits per heavy atom. The molecule has 4 rings (SSSR count). The summed E-state index contributed by atoms with van der Waals surface area (Å²) in [5, 5.41) is 11.4. The van der Waals surface area contributed by atoms with Crippen LogP contribution in [0.4, 0.5) is 30.4 Å². The molecule has 0 atom stereocenters. The van der Waals surface area contributed by atoms with Crippen molar-refractivity contribution in [1.82, 2.24) is 9.88 Å². The van der Waals surface area contributed by atoms with Gasteiger partial charge in [-0.3, -0.25) is 14.9 Å². The van der Waals surface area contributed by atoms with Crippen LogP contribution in [0.3, 0.4) is 0 Å². The van der Waals surface area contributed by atoms with Crippen LogP contribution in [0.1, 0.15) is 35.7 Å². The monoisotopic (exact) mass is 477 g/mol. The normalized spacial score (nSPS) is 17.7. The number of piperazine rings is 1. The second-order valence-corrected chi connectivity index (χ2v) is 8.81. The largest absolute Gasteiger partial charge is 0.417 e. The van der Waals surface area contributed by atoms with Crippen molar-refractivity contribution >= 4 is 23.1 Å². The highest BCUT2D eigenvalue weighted by Crippen LogP contribution is 2.32. The average Bonchev–Trinajstić information content (AvgIpc) is 2.83. The molecule has 2 aliphatic heterocycles. The van der Waals surface area contributed by atoms with E-state index in [1.807, 2.05) is 4.90 Å². The highest BCUT2D eigenvalue weighted by atomic mass is 19.4. The van der Waals surface area contributed by atoms with Gasteiger partial charge in [-0.05, 0) is 37.0 Å². The van der Waals surface area contributed by atoms with Crippen molar-refractivity contribution in [2.24, 2.45) is 5.92 Å². The standard InChI is InChI=1S/C23H26F3N5O3/c1-16-6-8-28(9-7-16)20-4-3-18(31(33)34)14-19(20)22(32)30-12-10-29(11-13-30)21-5-2-17(15-27-21)23(24,25)26/h2-5,14-16H,6-13H2,1H3. The van der Waals surface area contributed by atoms with E-state index < -0.39 is 16.7 Å². The summed E-state index contributed by atoms with van der Waals surface area (Å²) in [7, 11) is 0. The molecule has 2 saturated heterocycles. The van der Waals surface area contributed by atoms with Crippen molar-refractivity contribution in [3.05, 3.63) is 57.8 Å². The molecule has 2 aromatic rings. The molecule has 1 aromatic carbocycles. The lowest BCUT2D eigenvalue weighted by Gasteiger charge is -2.37. The molecule has 2 fully saturated rings. The van der Waals surface area contributed by atoms with E-state index in [0.717, 1.165) is 38.2 Å². The van der Waals surface area contributed by atoms with Gasteiger partial charge in [0.15, 0.2) is 0 Å². The number of carbonyl (C=O) groups is 1. The van der Waals surface area contributed by atoms with Crippen LogP contribution in [0.5, 0.6) is 0 Å². The molecule has 0 N–H and O–H groups in total. The number of nitrogens with zero attached hydrogens (tertiary/aromatic N) is 5. The number of rotatable bonds is 4. The summed E-state index contributed by atoms with van der Waals surface area (Å²) in [6, 6.07) is 6.76. The molecule has 2 aliphatic rings. The number of aromatic nitrogens is 1. The Kier molecular flexibility index (Phi) is 6.63. The summed E-state index contributed by atoms with van der Waals surface area (Å²) in [5.41, 5.74) is 0.0691. The van der Waals surface area contributed by atoms with Crippen molar-refractivity contribution in [3.8, 4) is 0 Å². The molecular weight excluding hydrogens is 451 g/mol. The van der Waals surface area contributed by atoms with Crippen LogP contribution in [0.25, 0.3) is 0 Å². The lowest BCUT2D eigenvalue weighted by atomic mass is 9.97. The van der Waals surface area contributed by atoms with Crippen molar-refractivity contribution in [2.75, 3.05) is 49.1 Å². The van der Waals surface area contributed by atoms with Crippen molar-refractivity contribution in [1.29, 1.82) is 0 Å². The third-order valence-corrected chi connectivity index (χ3v) is 6.51. The van der Waals surface area contributed by atoms with Crippen LogP contribution < -0.4 is 9.80 Å². The quantitative estimate of drug-likeness (QED) is 0.485. The summed E-state index contributed by atoms with van der Waals surface area (Å²) in [6.07, 6.45) is -1.66. The fraction of sp³-hybridized carbons (Fsp3) is 0.478. The second kappa shape index (κ2) is 9.47. The highest BCUT2D eigenvalue weighted by Gasteiger charge is 2.32. The Labute approximate surface area is 195 Å². The summed E-state index contributed by atoms with van der Waals surface area (Å²) in [5.74, 6) is 0.733. The van der Waals surface area contributed by atoms with Crippen LogP contribution in [0.2, 0.25) is 0 Å². The minimum absolute atomic E-state index is 0.134. The van der Waals surface area contributed by atoms with Crippen LogP contribution in [-0.4, -0.2) is 60.0 Å². The molecule has 34 heavy (non-hydrogen) atoms. The number of carbonyl (C=O) groups excluding carboxylic acids is 1. The van der Waals surface area contributed by atoms with Crippen LogP contribution in [0.15, 0.2) is 36.5 Å². The van der Waals surface area contributed by atoms with E-state index >= 15 is 0 Å². The number of anilines is 2. The van der Waals surface area contributed by atoms with Crippen molar-refractivity contribution in [2.45, 2.75) is 25.9 Å². The van der Waals surface area contributed by atoms with E-state index in [9.17, 15) is 28.1 Å². The van der Waals surface area contributed by atoms with Crippen LogP contribution in [0, 0.1) is 16.0 Å². The van der Waals surface area contributed by atoms with Gasteiger partial charge in [-0.1, -0.05) is 6.92 Å². The number of amides is 1. The van der Waals surface area contributed by atoms with Gasteiger partial charge in [0, 0.05) is 57.6 Å². The molecule has 3 heterocycles. The second-order valence-electron chi connectivity index (χ2n) is 8.81. The molecule has 11 heteroatoms. The first-order valence-corrected chi connectivity index (χ1v) is 11.2. The number of piperidine rings is 1. The maximum atomic E-state index is 13.4. The number of nitro benzene ring substituents is 1. The zero-order valence-electron chi connectivity index (χ0n) is 18.8. The van der Waals surface area contributed by atoms with Gasteiger partial charge >= 0.3 is 6.18 Å². The summed E-state index contributed by atoms with van der Waals surface area (Å²) < 4.78 is 38.4. The summed E-state index contributed by atoms with van der Waals surface area (Å²) in [4.78, 5) is 33.8. The SMILES string of the molecule is CC1CCN(c2ccc([N+](=O)[O-])cc2C(=O)N2CCN(c3ccc(C(F)(F)F)cn3)CC2)CC1. The lowest BCUT2D eigenvalue weighted by Crippen LogP contribution is -2.49. The van der Waals surface area contributed by atoms with Crippen molar-refractivity contribution in [3.63, 3.8) is 0 Å². The smallest absolute Gasteiger partial charge is 0.371 e. The Morgan fingerprint density at radius 3 is 2.26 bits per heavy atom. The molecule has 1 aromatic heterocycles. The molecule has 182 valence electrons. The van der Waals surface area contributed by atoms with Gasteiger partial charge in [-0.25, -0.2) is 4.98 Å². The predicted molar refractivity (Wildman–Crippen MR) is 121 cm³/mol. The third kappa shape index (κ3) is 5.07. The maximum absolute atomic E-state index is 13.4. The van der Waals surface area contributed by atoms with Crippen LogP contribution in [-0.2, 0) is 6.18 Å². The first-order valence-electron chi connectivity index (χ1n) is 11.2. The molecular formula is C23H26F3N5O3. The predicted octanol–water partition coefficient (Wildman–Crippen LogP) is 4.21. The van der Waals surface area contributed by atoms with Gasteiger partial charge < -0.3 is 14.7 Å². The van der Waals surface area contributed by atoms with E-state index in [0.29, 0.717) is 49.2 Å². The van der Waals surface area contributed by atoms with Gasteiger partial charge in [0.1, 0.15) is 5.82 Å². The Bertz CT molecular complexity index is 1040. The van der Waals surface area contributed by atoms with Crippen LogP contribution >= 0.6 is 0 Å². The van der Waals surface area contributed by atoms with Gasteiger partial charge in [0.25, 0.3) is 11.6 Å². The maximum Gasteiger partial charge on any atom is 0.417 e. The fourth-order valence-corrected chi connectivity index (χ4v) is 4.38. The molecule has 0 spiro atoms. The Morgan fingerprint density at radius 2 is 1.71 bits per heavy atom. The number of nitro groups is 1. The fourth-order valence-electron chi connectivity index (χ4n) is 4.38. The summed E-state index contributed by atoms with van der Waals surface area (Å²) >= 11 is 0. The van der Waals surface area contributed by atoms with E-state index in [1.54, 1.807) is 11.0 Å².